The number of guanidine groups is 1. The summed E-state index contributed by atoms with van der Waals surface area (Å²) in [7, 11) is 0. The highest BCUT2D eigenvalue weighted by Gasteiger charge is 2.41. The minimum absolute atomic E-state index is 0.353. The first-order valence-corrected chi connectivity index (χ1v) is 9.47. The standard InChI is InChI=1S/C17H23BrClN3O/c1-2-20-17(22-15-10-13-4-6-16(15)23-13)21-8-7-11-9-12(19)3-5-14(11)18/h3,5,9,13,15-16H,2,4,6-8,10H2,1H3,(H2,20,21,22). The van der Waals surface area contributed by atoms with Gasteiger partial charge in [0.15, 0.2) is 5.96 Å². The summed E-state index contributed by atoms with van der Waals surface area (Å²) in [6.45, 7) is 3.66. The molecule has 2 aliphatic rings. The zero-order chi connectivity index (χ0) is 16.2. The molecular weight excluding hydrogens is 378 g/mol. The first kappa shape index (κ1) is 17.1. The van der Waals surface area contributed by atoms with E-state index in [1.54, 1.807) is 0 Å². The molecule has 4 nitrogen and oxygen atoms in total. The quantitative estimate of drug-likeness (QED) is 0.587. The van der Waals surface area contributed by atoms with Crippen LogP contribution >= 0.6 is 27.5 Å². The first-order valence-electron chi connectivity index (χ1n) is 8.30. The Morgan fingerprint density at radius 2 is 2.30 bits per heavy atom. The van der Waals surface area contributed by atoms with Crippen molar-refractivity contribution in [3.63, 3.8) is 0 Å². The molecule has 0 amide bonds. The van der Waals surface area contributed by atoms with Crippen molar-refractivity contribution in [3.05, 3.63) is 33.3 Å². The van der Waals surface area contributed by atoms with Crippen LogP contribution in [0.5, 0.6) is 0 Å². The van der Waals surface area contributed by atoms with Crippen LogP contribution in [0.15, 0.2) is 27.7 Å². The van der Waals surface area contributed by atoms with E-state index in [-0.39, 0.29) is 0 Å². The molecule has 0 aromatic heterocycles. The Balaban J connectivity index is 1.57. The van der Waals surface area contributed by atoms with E-state index in [2.05, 4.69) is 33.5 Å². The Kier molecular flexibility index (Phi) is 5.83. The van der Waals surface area contributed by atoms with Gasteiger partial charge in [-0.2, -0.15) is 0 Å². The number of hydrogen-bond acceptors (Lipinski definition) is 2. The van der Waals surface area contributed by atoms with Crippen LogP contribution < -0.4 is 10.6 Å². The second-order valence-corrected chi connectivity index (χ2v) is 7.40. The van der Waals surface area contributed by atoms with Crippen molar-refractivity contribution in [2.24, 2.45) is 4.99 Å². The SMILES string of the molecule is CCNC(=NCCc1cc(Cl)ccc1Br)NC1CC2CCC1O2. The highest BCUT2D eigenvalue weighted by atomic mass is 79.9. The van der Waals surface area contributed by atoms with Crippen molar-refractivity contribution in [1.29, 1.82) is 0 Å². The summed E-state index contributed by atoms with van der Waals surface area (Å²) in [5, 5.41) is 7.62. The van der Waals surface area contributed by atoms with Crippen molar-refractivity contribution in [1.82, 2.24) is 10.6 Å². The van der Waals surface area contributed by atoms with Crippen molar-refractivity contribution < 1.29 is 4.74 Å². The lowest BCUT2D eigenvalue weighted by Crippen LogP contribution is -2.47. The molecule has 2 bridgehead atoms. The van der Waals surface area contributed by atoms with E-state index < -0.39 is 0 Å². The number of hydrogen-bond donors (Lipinski definition) is 2. The summed E-state index contributed by atoms with van der Waals surface area (Å²) in [6.07, 6.45) is 5.12. The highest BCUT2D eigenvalue weighted by molar-refractivity contribution is 9.10. The summed E-state index contributed by atoms with van der Waals surface area (Å²) < 4.78 is 6.98. The Hall–Kier alpha value is -0.780. The summed E-state index contributed by atoms with van der Waals surface area (Å²) in [5.41, 5.74) is 1.18. The summed E-state index contributed by atoms with van der Waals surface area (Å²) >= 11 is 9.63. The molecule has 0 saturated carbocycles. The molecule has 2 N–H and O–H groups in total. The van der Waals surface area contributed by atoms with Crippen molar-refractivity contribution >= 4 is 33.5 Å². The summed E-state index contributed by atoms with van der Waals surface area (Å²) in [6, 6.07) is 6.26. The van der Waals surface area contributed by atoms with Crippen LogP contribution in [0.2, 0.25) is 5.02 Å². The van der Waals surface area contributed by atoms with Gasteiger partial charge in [-0.25, -0.2) is 0 Å². The normalized spacial score (nSPS) is 26.6. The van der Waals surface area contributed by atoms with E-state index in [4.69, 9.17) is 21.3 Å². The van der Waals surface area contributed by atoms with Crippen LogP contribution in [0.1, 0.15) is 31.7 Å². The predicted octanol–water partition coefficient (Wildman–Crippen LogP) is 3.52. The maximum absolute atomic E-state index is 6.06. The molecule has 0 spiro atoms. The highest BCUT2D eigenvalue weighted by Crippen LogP contribution is 2.34. The Morgan fingerprint density at radius 1 is 1.43 bits per heavy atom. The Labute approximate surface area is 151 Å². The van der Waals surface area contributed by atoms with Gasteiger partial charge in [-0.3, -0.25) is 4.99 Å². The van der Waals surface area contributed by atoms with Crippen LogP contribution in [-0.4, -0.2) is 37.3 Å². The number of nitrogens with one attached hydrogen (secondary N) is 2. The molecule has 1 aromatic carbocycles. The molecule has 6 heteroatoms. The average Bonchev–Trinajstić information content (AvgIpc) is 3.13. The van der Waals surface area contributed by atoms with E-state index >= 15 is 0 Å². The fourth-order valence-corrected chi connectivity index (χ4v) is 3.95. The van der Waals surface area contributed by atoms with Crippen LogP contribution in [-0.2, 0) is 11.2 Å². The minimum atomic E-state index is 0.353. The third-order valence-corrected chi connectivity index (χ3v) is 5.44. The lowest BCUT2D eigenvalue weighted by atomic mass is 9.96. The Bertz CT molecular complexity index is 581. The van der Waals surface area contributed by atoms with E-state index in [0.29, 0.717) is 18.2 Å². The van der Waals surface area contributed by atoms with Gasteiger partial charge in [-0.1, -0.05) is 27.5 Å². The summed E-state index contributed by atoms with van der Waals surface area (Å²) in [4.78, 5) is 4.70. The van der Waals surface area contributed by atoms with Gasteiger partial charge in [0.25, 0.3) is 0 Å². The average molecular weight is 401 g/mol. The smallest absolute Gasteiger partial charge is 0.191 e. The number of rotatable bonds is 5. The van der Waals surface area contributed by atoms with Gasteiger partial charge in [-0.15, -0.1) is 0 Å². The maximum atomic E-state index is 6.06. The van der Waals surface area contributed by atoms with Gasteiger partial charge in [0, 0.05) is 22.6 Å². The molecule has 2 fully saturated rings. The zero-order valence-corrected chi connectivity index (χ0v) is 15.7. The molecule has 3 atom stereocenters. The number of ether oxygens (including phenoxy) is 1. The topological polar surface area (TPSA) is 45.7 Å². The van der Waals surface area contributed by atoms with Crippen molar-refractivity contribution in [3.8, 4) is 0 Å². The second kappa shape index (κ2) is 7.86. The molecule has 2 saturated heterocycles. The number of halogens is 2. The third kappa shape index (κ3) is 4.40. The molecule has 0 aliphatic carbocycles. The molecular formula is C17H23BrClN3O. The van der Waals surface area contributed by atoms with E-state index in [1.165, 1.54) is 12.0 Å². The van der Waals surface area contributed by atoms with Gasteiger partial charge in [-0.05, 0) is 56.4 Å². The number of nitrogens with zero attached hydrogens (tertiary/aromatic N) is 1. The molecule has 1 aromatic rings. The van der Waals surface area contributed by atoms with Gasteiger partial charge in [0.2, 0.25) is 0 Å². The van der Waals surface area contributed by atoms with E-state index in [9.17, 15) is 0 Å². The summed E-state index contributed by atoms with van der Waals surface area (Å²) in [5.74, 6) is 0.881. The molecule has 23 heavy (non-hydrogen) atoms. The lowest BCUT2D eigenvalue weighted by molar-refractivity contribution is 0.0992. The molecule has 126 valence electrons. The van der Waals surface area contributed by atoms with Crippen LogP contribution in [0.4, 0.5) is 0 Å². The molecule has 2 aliphatic heterocycles. The largest absolute Gasteiger partial charge is 0.373 e. The maximum Gasteiger partial charge on any atom is 0.191 e. The number of fused-ring (bicyclic) bond motifs is 2. The molecule has 3 rings (SSSR count). The number of benzene rings is 1. The van der Waals surface area contributed by atoms with E-state index in [0.717, 1.165) is 47.8 Å². The third-order valence-electron chi connectivity index (χ3n) is 4.43. The Morgan fingerprint density at radius 3 is 3.00 bits per heavy atom. The van der Waals surface area contributed by atoms with Crippen molar-refractivity contribution in [2.45, 2.75) is 50.9 Å². The van der Waals surface area contributed by atoms with E-state index in [1.807, 2.05) is 18.2 Å². The van der Waals surface area contributed by atoms with Gasteiger partial charge >= 0.3 is 0 Å². The second-order valence-electron chi connectivity index (χ2n) is 6.11. The van der Waals surface area contributed by atoms with Crippen molar-refractivity contribution in [2.75, 3.05) is 13.1 Å². The van der Waals surface area contributed by atoms with Crippen LogP contribution in [0.3, 0.4) is 0 Å². The fraction of sp³-hybridized carbons (Fsp3) is 0.588. The molecule has 2 heterocycles. The van der Waals surface area contributed by atoms with Gasteiger partial charge in [0.1, 0.15) is 0 Å². The monoisotopic (exact) mass is 399 g/mol. The molecule has 3 unspecified atom stereocenters. The van der Waals surface area contributed by atoms with Crippen LogP contribution in [0.25, 0.3) is 0 Å². The minimum Gasteiger partial charge on any atom is -0.373 e. The van der Waals surface area contributed by atoms with Gasteiger partial charge < -0.3 is 15.4 Å². The first-order chi connectivity index (χ1) is 11.2. The number of aliphatic imine (C=N–C) groups is 1. The lowest BCUT2D eigenvalue weighted by Gasteiger charge is -2.22. The fourth-order valence-electron chi connectivity index (χ4n) is 3.31. The van der Waals surface area contributed by atoms with Gasteiger partial charge in [0.05, 0.1) is 18.2 Å². The predicted molar refractivity (Wildman–Crippen MR) is 98.3 cm³/mol. The molecule has 0 radical (unpaired) electrons. The van der Waals surface area contributed by atoms with Crippen LogP contribution in [0, 0.1) is 0 Å². The zero-order valence-electron chi connectivity index (χ0n) is 13.3.